The summed E-state index contributed by atoms with van der Waals surface area (Å²) in [6, 6.07) is -0.883. The first-order valence-electron chi connectivity index (χ1n) is 4.97. The zero-order chi connectivity index (χ0) is 11.4. The van der Waals surface area contributed by atoms with Gasteiger partial charge in [-0.15, -0.1) is 0 Å². The Labute approximate surface area is 87.9 Å². The highest BCUT2D eigenvalue weighted by Gasteiger charge is 2.38. The number of likely N-dealkylation sites (N-methyl/N-ethyl adjacent to an activating group) is 1. The van der Waals surface area contributed by atoms with Crippen LogP contribution in [0.1, 0.15) is 13.3 Å². The predicted molar refractivity (Wildman–Crippen MR) is 52.3 cm³/mol. The van der Waals surface area contributed by atoms with Crippen molar-refractivity contribution in [2.24, 2.45) is 0 Å². The van der Waals surface area contributed by atoms with Crippen LogP contribution in [-0.4, -0.2) is 58.8 Å². The van der Waals surface area contributed by atoms with Crippen LogP contribution in [0.15, 0.2) is 0 Å². The summed E-state index contributed by atoms with van der Waals surface area (Å²) in [5, 5.41) is 21.0. The number of carboxylic acid groups (broad SMARTS) is 1. The third kappa shape index (κ3) is 2.90. The molecular formula is C9H16N2O4. The van der Waals surface area contributed by atoms with Gasteiger partial charge in [-0.3, -0.25) is 4.79 Å². The quantitative estimate of drug-likeness (QED) is 0.540. The number of rotatable bonds is 4. The van der Waals surface area contributed by atoms with Crippen LogP contribution in [0.5, 0.6) is 0 Å². The van der Waals surface area contributed by atoms with Gasteiger partial charge in [0.25, 0.3) is 0 Å². The minimum Gasteiger partial charge on any atom is -0.480 e. The number of β-amino-alcohol motifs (C(OH)–C–C–N with tert-alkyl or cyclic N) is 1. The van der Waals surface area contributed by atoms with Gasteiger partial charge in [0.2, 0.25) is 5.91 Å². The van der Waals surface area contributed by atoms with E-state index in [9.17, 15) is 14.7 Å². The van der Waals surface area contributed by atoms with E-state index in [1.54, 1.807) is 0 Å². The van der Waals surface area contributed by atoms with Crippen molar-refractivity contribution in [3.05, 3.63) is 0 Å². The molecule has 86 valence electrons. The van der Waals surface area contributed by atoms with Crippen molar-refractivity contribution in [3.8, 4) is 0 Å². The monoisotopic (exact) mass is 216 g/mol. The SMILES string of the molecule is CCNCC(=O)N1C[C@H](O)C[C@H]1C(=O)O. The lowest BCUT2D eigenvalue weighted by Gasteiger charge is -2.21. The van der Waals surface area contributed by atoms with Gasteiger partial charge in [0.1, 0.15) is 6.04 Å². The van der Waals surface area contributed by atoms with Crippen LogP contribution in [0.25, 0.3) is 0 Å². The van der Waals surface area contributed by atoms with Gasteiger partial charge in [-0.2, -0.15) is 0 Å². The molecule has 1 rings (SSSR count). The molecule has 0 unspecified atom stereocenters. The van der Waals surface area contributed by atoms with Gasteiger partial charge in [-0.25, -0.2) is 4.79 Å². The first-order valence-corrected chi connectivity index (χ1v) is 4.97. The Morgan fingerprint density at radius 1 is 1.53 bits per heavy atom. The van der Waals surface area contributed by atoms with Crippen LogP contribution >= 0.6 is 0 Å². The van der Waals surface area contributed by atoms with Gasteiger partial charge in [-0.05, 0) is 6.54 Å². The Bertz CT molecular complexity index is 256. The standard InChI is InChI=1S/C9H16N2O4/c1-2-10-4-8(13)11-5-6(12)3-7(11)9(14)15/h6-7,10,12H,2-5H2,1H3,(H,14,15)/t6-,7+/m1/s1. The number of hydrogen-bond donors (Lipinski definition) is 3. The van der Waals surface area contributed by atoms with Gasteiger partial charge in [0, 0.05) is 13.0 Å². The largest absolute Gasteiger partial charge is 0.480 e. The molecule has 1 heterocycles. The van der Waals surface area contributed by atoms with Crippen LogP contribution in [0.4, 0.5) is 0 Å². The Morgan fingerprint density at radius 2 is 2.20 bits per heavy atom. The van der Waals surface area contributed by atoms with Crippen LogP contribution in [0, 0.1) is 0 Å². The fraction of sp³-hybridized carbons (Fsp3) is 0.778. The molecule has 6 heteroatoms. The van der Waals surface area contributed by atoms with E-state index >= 15 is 0 Å². The van der Waals surface area contributed by atoms with E-state index in [0.29, 0.717) is 6.54 Å². The molecular weight excluding hydrogens is 200 g/mol. The lowest BCUT2D eigenvalue weighted by molar-refractivity contribution is -0.147. The Kier molecular flexibility index (Phi) is 4.05. The van der Waals surface area contributed by atoms with Gasteiger partial charge < -0.3 is 20.4 Å². The van der Waals surface area contributed by atoms with Crippen molar-refractivity contribution in [3.63, 3.8) is 0 Å². The topological polar surface area (TPSA) is 89.9 Å². The second-order valence-corrected chi connectivity index (χ2v) is 3.57. The zero-order valence-electron chi connectivity index (χ0n) is 8.64. The maximum Gasteiger partial charge on any atom is 0.326 e. The molecule has 15 heavy (non-hydrogen) atoms. The average Bonchev–Trinajstić information content (AvgIpc) is 2.57. The fourth-order valence-electron chi connectivity index (χ4n) is 1.66. The van der Waals surface area contributed by atoms with Crippen LogP contribution in [0.3, 0.4) is 0 Å². The molecule has 0 radical (unpaired) electrons. The average molecular weight is 216 g/mol. The maximum absolute atomic E-state index is 11.6. The van der Waals surface area contributed by atoms with Gasteiger partial charge in [0.05, 0.1) is 12.6 Å². The van der Waals surface area contributed by atoms with Crippen molar-refractivity contribution in [1.82, 2.24) is 10.2 Å². The van der Waals surface area contributed by atoms with Crippen molar-refractivity contribution in [2.45, 2.75) is 25.5 Å². The molecule has 1 fully saturated rings. The van der Waals surface area contributed by atoms with Crippen molar-refractivity contribution >= 4 is 11.9 Å². The number of likely N-dealkylation sites (tertiary alicyclic amines) is 1. The summed E-state index contributed by atoms with van der Waals surface area (Å²) in [5.74, 6) is -1.34. The minimum absolute atomic E-state index is 0.112. The Hall–Kier alpha value is -1.14. The summed E-state index contributed by atoms with van der Waals surface area (Å²) < 4.78 is 0. The molecule has 2 atom stereocenters. The highest BCUT2D eigenvalue weighted by molar-refractivity contribution is 5.85. The van der Waals surface area contributed by atoms with E-state index in [0.717, 1.165) is 0 Å². The first-order chi connectivity index (χ1) is 7.06. The molecule has 0 aromatic heterocycles. The molecule has 3 N–H and O–H groups in total. The van der Waals surface area contributed by atoms with Gasteiger partial charge in [-0.1, -0.05) is 6.92 Å². The van der Waals surface area contributed by atoms with E-state index in [1.165, 1.54) is 4.90 Å². The van der Waals surface area contributed by atoms with E-state index in [4.69, 9.17) is 5.11 Å². The third-order valence-electron chi connectivity index (χ3n) is 2.41. The Balaban J connectivity index is 2.58. The number of carbonyl (C=O) groups excluding carboxylic acids is 1. The van der Waals surface area contributed by atoms with Crippen molar-refractivity contribution in [2.75, 3.05) is 19.6 Å². The Morgan fingerprint density at radius 3 is 2.73 bits per heavy atom. The van der Waals surface area contributed by atoms with Crippen molar-refractivity contribution in [1.29, 1.82) is 0 Å². The van der Waals surface area contributed by atoms with E-state index < -0.39 is 18.1 Å². The van der Waals surface area contributed by atoms with E-state index in [2.05, 4.69) is 5.32 Å². The van der Waals surface area contributed by atoms with Crippen LogP contribution in [0.2, 0.25) is 0 Å². The molecule has 6 nitrogen and oxygen atoms in total. The second-order valence-electron chi connectivity index (χ2n) is 3.57. The number of carbonyl (C=O) groups is 2. The number of hydrogen-bond acceptors (Lipinski definition) is 4. The van der Waals surface area contributed by atoms with Gasteiger partial charge >= 0.3 is 5.97 Å². The summed E-state index contributed by atoms with van der Waals surface area (Å²) in [6.45, 7) is 2.74. The number of aliphatic hydroxyl groups excluding tert-OH is 1. The number of nitrogens with one attached hydrogen (secondary N) is 1. The fourth-order valence-corrected chi connectivity index (χ4v) is 1.66. The summed E-state index contributed by atoms with van der Waals surface area (Å²) in [5.41, 5.74) is 0. The molecule has 1 aliphatic rings. The minimum atomic E-state index is -1.06. The highest BCUT2D eigenvalue weighted by Crippen LogP contribution is 2.17. The highest BCUT2D eigenvalue weighted by atomic mass is 16.4. The van der Waals surface area contributed by atoms with E-state index in [-0.39, 0.29) is 25.4 Å². The summed E-state index contributed by atoms with van der Waals surface area (Å²) in [7, 11) is 0. The molecule has 0 saturated carbocycles. The zero-order valence-corrected chi connectivity index (χ0v) is 8.64. The number of aliphatic carboxylic acids is 1. The third-order valence-corrected chi connectivity index (χ3v) is 2.41. The first kappa shape index (κ1) is 11.9. The van der Waals surface area contributed by atoms with Crippen molar-refractivity contribution < 1.29 is 19.8 Å². The number of amides is 1. The predicted octanol–water partition coefficient (Wildman–Crippen LogP) is -1.36. The molecule has 1 amide bonds. The summed E-state index contributed by atoms with van der Waals surface area (Å²) in [6.07, 6.45) is -0.607. The van der Waals surface area contributed by atoms with Crippen LogP contribution < -0.4 is 5.32 Å². The number of nitrogens with zero attached hydrogens (tertiary/aromatic N) is 1. The number of aliphatic hydroxyl groups is 1. The van der Waals surface area contributed by atoms with E-state index in [1.807, 2.05) is 6.92 Å². The van der Waals surface area contributed by atoms with Gasteiger partial charge in [0.15, 0.2) is 0 Å². The number of carboxylic acids is 1. The molecule has 0 aromatic carbocycles. The normalized spacial score (nSPS) is 25.6. The summed E-state index contributed by atoms with van der Waals surface area (Å²) >= 11 is 0. The molecule has 0 aliphatic carbocycles. The molecule has 0 spiro atoms. The van der Waals surface area contributed by atoms with Crippen LogP contribution in [-0.2, 0) is 9.59 Å². The molecule has 1 saturated heterocycles. The smallest absolute Gasteiger partial charge is 0.326 e. The lowest BCUT2D eigenvalue weighted by atomic mass is 10.2. The molecule has 0 bridgehead atoms. The molecule has 0 aromatic rings. The summed E-state index contributed by atoms with van der Waals surface area (Å²) in [4.78, 5) is 23.6. The second kappa shape index (κ2) is 5.09. The maximum atomic E-state index is 11.6. The lowest BCUT2D eigenvalue weighted by Crippen LogP contribution is -2.44. The molecule has 1 aliphatic heterocycles.